The van der Waals surface area contributed by atoms with Crippen molar-refractivity contribution in [3.63, 3.8) is 0 Å². The van der Waals surface area contributed by atoms with Crippen molar-refractivity contribution in [3.05, 3.63) is 138 Å². The molecule has 5 aromatic rings. The summed E-state index contributed by atoms with van der Waals surface area (Å²) in [5.74, 6) is 0. The molecular formula is C39H33BO2. The first-order chi connectivity index (χ1) is 20.3. The van der Waals surface area contributed by atoms with Gasteiger partial charge in [-0.3, -0.25) is 0 Å². The Balaban J connectivity index is 0.00000141. The van der Waals surface area contributed by atoms with Gasteiger partial charge in [-0.05, 0) is 88.8 Å². The molecule has 42 heavy (non-hydrogen) atoms. The van der Waals surface area contributed by atoms with Crippen molar-refractivity contribution in [3.8, 4) is 46.2 Å². The molecule has 0 unspecified atom stereocenters. The van der Waals surface area contributed by atoms with E-state index in [9.17, 15) is 0 Å². The predicted molar refractivity (Wildman–Crippen MR) is 174 cm³/mol. The molecule has 0 amide bonds. The Labute approximate surface area is 249 Å². The third kappa shape index (κ3) is 3.43. The summed E-state index contributed by atoms with van der Waals surface area (Å²) >= 11 is 0. The van der Waals surface area contributed by atoms with Gasteiger partial charge in [0.05, 0.1) is 16.6 Å². The lowest BCUT2D eigenvalue weighted by molar-refractivity contribution is 0.00578. The summed E-state index contributed by atoms with van der Waals surface area (Å²) in [6.45, 7) is 8.46. The zero-order chi connectivity index (χ0) is 29.3. The summed E-state index contributed by atoms with van der Waals surface area (Å²) in [5.41, 5.74) is 12.7. The lowest BCUT2D eigenvalue weighted by atomic mass is 9.65. The van der Waals surface area contributed by atoms with E-state index in [4.69, 9.17) is 9.31 Å². The maximum absolute atomic E-state index is 6.53. The molecule has 1 saturated heterocycles. The molecule has 1 aliphatic heterocycles. The second-order valence-corrected chi connectivity index (χ2v) is 12.3. The molecule has 1 fully saturated rings. The summed E-state index contributed by atoms with van der Waals surface area (Å²) in [5, 5.41) is 0. The van der Waals surface area contributed by atoms with Gasteiger partial charge >= 0.3 is 7.12 Å². The molecule has 2 nitrogen and oxygen atoms in total. The fourth-order valence-corrected chi connectivity index (χ4v) is 7.20. The first-order valence-corrected chi connectivity index (χ1v) is 14.5. The van der Waals surface area contributed by atoms with Gasteiger partial charge in [0.15, 0.2) is 0 Å². The molecule has 3 aliphatic rings. The number of benzene rings is 5. The van der Waals surface area contributed by atoms with Gasteiger partial charge in [0.1, 0.15) is 0 Å². The molecule has 204 valence electrons. The van der Waals surface area contributed by atoms with Crippen molar-refractivity contribution >= 4 is 12.6 Å². The highest BCUT2D eigenvalue weighted by atomic mass is 16.7. The van der Waals surface area contributed by atoms with Gasteiger partial charge < -0.3 is 9.31 Å². The van der Waals surface area contributed by atoms with Crippen molar-refractivity contribution in [1.82, 2.24) is 0 Å². The Bertz CT molecular complexity index is 1820. The quantitative estimate of drug-likeness (QED) is 0.153. The average molecular weight is 545 g/mol. The molecule has 1 heterocycles. The number of hydrogen-bond donors (Lipinski definition) is 0. The Morgan fingerprint density at radius 3 is 1.29 bits per heavy atom. The standard InChI is InChI=1S/C37H31BO2.C2H2/c1-35(2)36(3,4)40-38(39-35)24-21-22-34-30(23-24)26-14-6-5-13-25(26)27-15-7-10-18-31(27)37(34)32-19-11-8-16-28(32)29-17-9-12-20-33(29)37;1-2/h5-23H,1-4H3;1-2H. The zero-order valence-corrected chi connectivity index (χ0v) is 24.5. The molecule has 0 aromatic heterocycles. The minimum absolute atomic E-state index is 0.400. The van der Waals surface area contributed by atoms with Crippen LogP contribution in [0.2, 0.25) is 0 Å². The van der Waals surface area contributed by atoms with Crippen molar-refractivity contribution in [1.29, 1.82) is 0 Å². The minimum Gasteiger partial charge on any atom is -0.399 e. The van der Waals surface area contributed by atoms with Crippen molar-refractivity contribution in [2.75, 3.05) is 0 Å². The number of terminal acetylenes is 1. The normalized spacial score (nSPS) is 17.5. The molecule has 0 atom stereocenters. The van der Waals surface area contributed by atoms with Crippen LogP contribution >= 0.6 is 0 Å². The second-order valence-electron chi connectivity index (χ2n) is 12.3. The van der Waals surface area contributed by atoms with E-state index in [1.807, 2.05) is 0 Å². The van der Waals surface area contributed by atoms with E-state index < -0.39 is 23.7 Å². The van der Waals surface area contributed by atoms with E-state index in [0.717, 1.165) is 5.46 Å². The summed E-state index contributed by atoms with van der Waals surface area (Å²) in [4.78, 5) is 0. The van der Waals surface area contributed by atoms with Crippen LogP contribution in [0.5, 0.6) is 0 Å². The second kappa shape index (κ2) is 9.33. The van der Waals surface area contributed by atoms with Gasteiger partial charge in [0.25, 0.3) is 0 Å². The maximum Gasteiger partial charge on any atom is 0.494 e. The summed E-state index contributed by atoms with van der Waals surface area (Å²) in [6, 6.07) is 42.6. The Hall–Kier alpha value is -4.36. The molecule has 0 radical (unpaired) electrons. The van der Waals surface area contributed by atoms with Crippen LogP contribution in [0.15, 0.2) is 115 Å². The third-order valence-electron chi connectivity index (χ3n) is 9.76. The monoisotopic (exact) mass is 544 g/mol. The Kier molecular flexibility index (Phi) is 5.89. The molecular weight excluding hydrogens is 511 g/mol. The molecule has 0 saturated carbocycles. The van der Waals surface area contributed by atoms with Gasteiger partial charge in [-0.2, -0.15) is 0 Å². The van der Waals surface area contributed by atoms with Gasteiger partial charge in [-0.15, -0.1) is 12.8 Å². The van der Waals surface area contributed by atoms with Crippen molar-refractivity contribution in [2.45, 2.75) is 44.3 Å². The highest BCUT2D eigenvalue weighted by molar-refractivity contribution is 6.62. The van der Waals surface area contributed by atoms with Crippen molar-refractivity contribution in [2.24, 2.45) is 0 Å². The van der Waals surface area contributed by atoms with Gasteiger partial charge in [-0.1, -0.05) is 115 Å². The largest absolute Gasteiger partial charge is 0.494 e. The van der Waals surface area contributed by atoms with Crippen LogP contribution in [-0.4, -0.2) is 18.3 Å². The molecule has 8 rings (SSSR count). The molecule has 3 heteroatoms. The minimum atomic E-state index is -0.452. The zero-order valence-electron chi connectivity index (χ0n) is 24.5. The van der Waals surface area contributed by atoms with E-state index in [2.05, 4.69) is 156 Å². The molecule has 1 spiro atoms. The van der Waals surface area contributed by atoms with E-state index in [1.54, 1.807) is 0 Å². The lowest BCUT2D eigenvalue weighted by Crippen LogP contribution is -2.41. The summed E-state index contributed by atoms with van der Waals surface area (Å²) in [7, 11) is -0.424. The van der Waals surface area contributed by atoms with Crippen molar-refractivity contribution < 1.29 is 9.31 Å². The van der Waals surface area contributed by atoms with Gasteiger partial charge in [-0.25, -0.2) is 0 Å². The van der Waals surface area contributed by atoms with Crippen LogP contribution in [0.3, 0.4) is 0 Å². The average Bonchev–Trinajstić information content (AvgIpc) is 3.40. The van der Waals surface area contributed by atoms with Crippen LogP contribution in [0.25, 0.3) is 33.4 Å². The molecule has 0 bridgehead atoms. The molecule has 0 N–H and O–H groups in total. The highest BCUT2D eigenvalue weighted by Gasteiger charge is 2.53. The molecule has 2 aliphatic carbocycles. The smallest absolute Gasteiger partial charge is 0.399 e. The van der Waals surface area contributed by atoms with Crippen LogP contribution in [0.4, 0.5) is 0 Å². The van der Waals surface area contributed by atoms with Crippen LogP contribution in [0.1, 0.15) is 49.9 Å². The highest BCUT2D eigenvalue weighted by Crippen LogP contribution is 2.61. The van der Waals surface area contributed by atoms with Crippen LogP contribution in [-0.2, 0) is 14.7 Å². The van der Waals surface area contributed by atoms with E-state index in [0.29, 0.717) is 0 Å². The summed E-state index contributed by atoms with van der Waals surface area (Å²) in [6.07, 6.45) is 8.00. The van der Waals surface area contributed by atoms with Gasteiger partial charge in [0.2, 0.25) is 0 Å². The van der Waals surface area contributed by atoms with Gasteiger partial charge in [0, 0.05) is 0 Å². The topological polar surface area (TPSA) is 18.5 Å². The Morgan fingerprint density at radius 2 is 0.810 bits per heavy atom. The first-order valence-electron chi connectivity index (χ1n) is 14.5. The molecule has 5 aromatic carbocycles. The summed E-state index contributed by atoms with van der Waals surface area (Å²) < 4.78 is 13.1. The predicted octanol–water partition coefficient (Wildman–Crippen LogP) is 8.25. The van der Waals surface area contributed by atoms with E-state index in [1.165, 1.54) is 55.6 Å². The third-order valence-corrected chi connectivity index (χ3v) is 9.76. The number of hydrogen-bond acceptors (Lipinski definition) is 2. The Morgan fingerprint density at radius 1 is 0.452 bits per heavy atom. The van der Waals surface area contributed by atoms with Crippen LogP contribution in [0, 0.1) is 12.8 Å². The lowest BCUT2D eigenvalue weighted by Gasteiger charge is -2.35. The number of rotatable bonds is 1. The number of fused-ring (bicyclic) bond motifs is 12. The maximum atomic E-state index is 6.53. The SMILES string of the molecule is C#C.CC1(C)OB(c2ccc3c(c2)-c2ccccc2-c2ccccc2C32c3ccccc3-c3ccccc32)OC1(C)C. The first kappa shape index (κ1) is 26.5. The fourth-order valence-electron chi connectivity index (χ4n) is 7.20. The van der Waals surface area contributed by atoms with E-state index >= 15 is 0 Å². The fraction of sp³-hybridized carbons (Fsp3) is 0.179. The van der Waals surface area contributed by atoms with Crippen LogP contribution < -0.4 is 5.46 Å². The van der Waals surface area contributed by atoms with E-state index in [-0.39, 0.29) is 0 Å².